The molecule has 1 unspecified atom stereocenters. The number of rotatable bonds is 8. The molecule has 27 heavy (non-hydrogen) atoms. The number of aryl methyl sites for hydroxylation is 2. The van der Waals surface area contributed by atoms with Crippen molar-refractivity contribution in [3.05, 3.63) is 29.3 Å². The number of nitrogens with two attached hydrogens (primary N) is 1. The number of amides is 1. The van der Waals surface area contributed by atoms with Crippen LogP contribution in [0.15, 0.2) is 23.1 Å². The summed E-state index contributed by atoms with van der Waals surface area (Å²) in [6, 6.07) is 5.22. The summed E-state index contributed by atoms with van der Waals surface area (Å²) in [4.78, 5) is 13.5. The zero-order valence-electron chi connectivity index (χ0n) is 16.6. The van der Waals surface area contributed by atoms with Crippen LogP contribution < -0.4 is 11.1 Å². The second-order valence-corrected chi connectivity index (χ2v) is 9.75. The molecule has 0 aliphatic heterocycles. The van der Waals surface area contributed by atoms with Crippen LogP contribution in [0.3, 0.4) is 0 Å². The fourth-order valence-electron chi connectivity index (χ4n) is 3.79. The highest BCUT2D eigenvalue weighted by atomic mass is 35.5. The molecule has 0 spiro atoms. The predicted molar refractivity (Wildman–Crippen MR) is 112 cm³/mol. The maximum absolute atomic E-state index is 13.6. The Balaban J connectivity index is 0.00000364. The third-order valence-corrected chi connectivity index (χ3v) is 8.14. The van der Waals surface area contributed by atoms with Crippen LogP contribution in [0.1, 0.15) is 63.0 Å². The molecule has 1 aromatic rings. The minimum absolute atomic E-state index is 0. The average Bonchev–Trinajstić information content (AvgIpc) is 3.12. The highest BCUT2D eigenvalue weighted by Gasteiger charge is 2.53. The Morgan fingerprint density at radius 1 is 1.26 bits per heavy atom. The first-order valence-electron chi connectivity index (χ1n) is 9.61. The molecule has 0 saturated heterocycles. The predicted octanol–water partition coefficient (Wildman–Crippen LogP) is 3.45. The molecule has 0 heterocycles. The number of carbonyl (C=O) groups excluding carboxylic acids is 1. The number of carbonyl (C=O) groups is 1. The van der Waals surface area contributed by atoms with Crippen LogP contribution in [0.4, 0.5) is 0 Å². The molecule has 1 amide bonds. The van der Waals surface area contributed by atoms with E-state index in [1.54, 1.807) is 13.0 Å². The van der Waals surface area contributed by atoms with E-state index in [0.717, 1.165) is 37.7 Å². The number of hydrogen-bond donors (Lipinski definition) is 2. The first-order chi connectivity index (χ1) is 12.3. The van der Waals surface area contributed by atoms with Crippen molar-refractivity contribution in [2.45, 2.75) is 81.4 Å². The first-order valence-corrected chi connectivity index (χ1v) is 11.1. The van der Waals surface area contributed by atoms with Crippen molar-refractivity contribution in [3.63, 3.8) is 0 Å². The number of benzene rings is 1. The van der Waals surface area contributed by atoms with Gasteiger partial charge in [-0.2, -0.15) is 0 Å². The molecule has 0 aromatic heterocycles. The van der Waals surface area contributed by atoms with Crippen molar-refractivity contribution in [3.8, 4) is 0 Å². The fourth-order valence-corrected chi connectivity index (χ4v) is 6.17. The molecule has 3 N–H and O–H groups in total. The van der Waals surface area contributed by atoms with Gasteiger partial charge in [0.2, 0.25) is 5.91 Å². The highest BCUT2D eigenvalue weighted by molar-refractivity contribution is 7.93. The first kappa shape index (κ1) is 23.9. The van der Waals surface area contributed by atoms with E-state index in [4.69, 9.17) is 5.73 Å². The van der Waals surface area contributed by atoms with E-state index < -0.39 is 14.6 Å². The molecule has 1 saturated carbocycles. The van der Waals surface area contributed by atoms with Gasteiger partial charge in [0, 0.05) is 12.6 Å². The van der Waals surface area contributed by atoms with Gasteiger partial charge in [0.05, 0.1) is 4.90 Å². The average molecular weight is 417 g/mol. The molecule has 0 radical (unpaired) electrons. The number of hydrogen-bond acceptors (Lipinski definition) is 4. The maximum Gasteiger partial charge on any atom is 0.242 e. The molecule has 5 nitrogen and oxygen atoms in total. The molecule has 1 aliphatic carbocycles. The number of nitrogens with one attached hydrogen (secondary N) is 1. The topological polar surface area (TPSA) is 89.3 Å². The summed E-state index contributed by atoms with van der Waals surface area (Å²) in [5.74, 6) is -0.373. The van der Waals surface area contributed by atoms with Crippen molar-refractivity contribution in [2.24, 2.45) is 5.73 Å². The lowest BCUT2D eigenvalue weighted by Crippen LogP contribution is -2.54. The van der Waals surface area contributed by atoms with Gasteiger partial charge in [0.15, 0.2) is 14.6 Å². The summed E-state index contributed by atoms with van der Waals surface area (Å²) in [6.07, 6.45) is 4.99. The van der Waals surface area contributed by atoms with Crippen LogP contribution in [0.2, 0.25) is 0 Å². The zero-order chi connectivity index (χ0) is 19.4. The normalized spacial score (nSPS) is 17.2. The van der Waals surface area contributed by atoms with Crippen LogP contribution in [-0.2, 0) is 14.6 Å². The molecule has 1 aromatic carbocycles. The SMILES string of the molecule is CCCCC(CN)NC(=O)C1(S(=O)(=O)c2cc(C)ccc2C)CCCC1.Cl. The van der Waals surface area contributed by atoms with E-state index in [2.05, 4.69) is 12.2 Å². The molecule has 154 valence electrons. The minimum Gasteiger partial charge on any atom is -0.351 e. The second kappa shape index (κ2) is 9.89. The van der Waals surface area contributed by atoms with Gasteiger partial charge >= 0.3 is 0 Å². The Bertz CT molecular complexity index is 744. The largest absolute Gasteiger partial charge is 0.351 e. The third kappa shape index (κ3) is 4.84. The van der Waals surface area contributed by atoms with Crippen molar-refractivity contribution < 1.29 is 13.2 Å². The maximum atomic E-state index is 13.6. The summed E-state index contributed by atoms with van der Waals surface area (Å²) < 4.78 is 25.8. The van der Waals surface area contributed by atoms with Crippen molar-refractivity contribution in [1.82, 2.24) is 5.32 Å². The van der Waals surface area contributed by atoms with Gasteiger partial charge < -0.3 is 11.1 Å². The molecule has 1 atom stereocenters. The summed E-state index contributed by atoms with van der Waals surface area (Å²) in [7, 11) is -3.78. The summed E-state index contributed by atoms with van der Waals surface area (Å²) >= 11 is 0. The van der Waals surface area contributed by atoms with Gasteiger partial charge in [-0.3, -0.25) is 4.79 Å². The zero-order valence-corrected chi connectivity index (χ0v) is 18.2. The summed E-state index contributed by atoms with van der Waals surface area (Å²) in [6.45, 7) is 6.07. The Kier molecular flexibility index (Phi) is 8.77. The molecule has 0 bridgehead atoms. The summed E-state index contributed by atoms with van der Waals surface area (Å²) in [5, 5.41) is 2.95. The molecular weight excluding hydrogens is 384 g/mol. The van der Waals surface area contributed by atoms with Crippen LogP contribution in [-0.4, -0.2) is 31.7 Å². The van der Waals surface area contributed by atoms with E-state index in [-0.39, 0.29) is 29.3 Å². The molecule has 1 aliphatic rings. The quantitative estimate of drug-likeness (QED) is 0.679. The summed E-state index contributed by atoms with van der Waals surface area (Å²) in [5.41, 5.74) is 7.37. The van der Waals surface area contributed by atoms with Gasteiger partial charge in [0.1, 0.15) is 0 Å². The van der Waals surface area contributed by atoms with E-state index in [1.807, 2.05) is 19.1 Å². The van der Waals surface area contributed by atoms with Crippen molar-refractivity contribution >= 4 is 28.2 Å². The van der Waals surface area contributed by atoms with Crippen molar-refractivity contribution in [2.75, 3.05) is 6.54 Å². The fraction of sp³-hybridized carbons (Fsp3) is 0.650. The molecule has 7 heteroatoms. The molecule has 2 rings (SSSR count). The van der Waals surface area contributed by atoms with Crippen LogP contribution in [0.25, 0.3) is 0 Å². The van der Waals surface area contributed by atoms with E-state index in [0.29, 0.717) is 24.9 Å². The van der Waals surface area contributed by atoms with Gasteiger partial charge in [-0.15, -0.1) is 12.4 Å². The van der Waals surface area contributed by atoms with E-state index >= 15 is 0 Å². The van der Waals surface area contributed by atoms with Crippen molar-refractivity contribution in [1.29, 1.82) is 0 Å². The van der Waals surface area contributed by atoms with E-state index in [9.17, 15) is 13.2 Å². The Morgan fingerprint density at radius 3 is 2.44 bits per heavy atom. The molecular formula is C20H33ClN2O3S. The van der Waals surface area contributed by atoms with Gasteiger partial charge in [-0.05, 0) is 50.3 Å². The van der Waals surface area contributed by atoms with Crippen LogP contribution in [0.5, 0.6) is 0 Å². The highest BCUT2D eigenvalue weighted by Crippen LogP contribution is 2.42. The van der Waals surface area contributed by atoms with E-state index in [1.165, 1.54) is 0 Å². The van der Waals surface area contributed by atoms with Gasteiger partial charge in [-0.25, -0.2) is 8.42 Å². The lowest BCUT2D eigenvalue weighted by Gasteiger charge is -2.30. The van der Waals surface area contributed by atoms with Crippen LogP contribution >= 0.6 is 12.4 Å². The lowest BCUT2D eigenvalue weighted by atomic mass is 10.0. The monoisotopic (exact) mass is 416 g/mol. The Morgan fingerprint density at radius 2 is 1.89 bits per heavy atom. The second-order valence-electron chi connectivity index (χ2n) is 7.52. The third-order valence-electron chi connectivity index (χ3n) is 5.50. The number of halogens is 1. The molecule has 1 fully saturated rings. The lowest BCUT2D eigenvalue weighted by molar-refractivity contribution is -0.124. The number of sulfone groups is 1. The Labute approximate surface area is 169 Å². The number of unbranched alkanes of at least 4 members (excludes halogenated alkanes) is 1. The van der Waals surface area contributed by atoms with Crippen LogP contribution in [0, 0.1) is 13.8 Å². The standard InChI is InChI=1S/C20H32N2O3S.ClH/c1-4-5-8-17(14-21)22-19(23)20(11-6-7-12-20)26(24,25)18-13-15(2)9-10-16(18)3;/h9-10,13,17H,4-8,11-12,14,21H2,1-3H3,(H,22,23);1H. The smallest absolute Gasteiger partial charge is 0.242 e. The van der Waals surface area contributed by atoms with Gasteiger partial charge in [-0.1, -0.05) is 44.7 Å². The van der Waals surface area contributed by atoms with Gasteiger partial charge in [0.25, 0.3) is 0 Å². The Hall–Kier alpha value is -1.11. The minimum atomic E-state index is -3.78.